The van der Waals surface area contributed by atoms with E-state index in [1.807, 2.05) is 36.4 Å². The molecule has 3 aliphatic rings. The van der Waals surface area contributed by atoms with Crippen LogP contribution in [0, 0.1) is 5.41 Å². The van der Waals surface area contributed by atoms with Gasteiger partial charge < -0.3 is 14.7 Å². The second-order valence-corrected chi connectivity index (χ2v) is 9.92. The van der Waals surface area contributed by atoms with Crippen molar-refractivity contribution in [1.29, 1.82) is 0 Å². The average molecular weight is 381 g/mol. The maximum absolute atomic E-state index is 10.8. The van der Waals surface area contributed by atoms with Gasteiger partial charge in [-0.1, -0.05) is 74.5 Å². The average Bonchev–Trinajstić information content (AvgIpc) is 2.66. The fraction of sp³-hybridized carbons (Fsp3) is 0.520. The van der Waals surface area contributed by atoms with Gasteiger partial charge >= 0.3 is 0 Å². The lowest BCUT2D eigenvalue weighted by atomic mass is 9.59. The number of aliphatic hydroxyl groups excluding tert-OH is 1. The van der Waals surface area contributed by atoms with Crippen LogP contribution in [0.5, 0.6) is 0 Å². The molecule has 2 N–H and O–H groups in total. The van der Waals surface area contributed by atoms with Crippen molar-refractivity contribution < 1.29 is 14.7 Å². The van der Waals surface area contributed by atoms with Gasteiger partial charge in [0.05, 0.1) is 19.1 Å². The molecule has 1 aliphatic carbocycles. The zero-order valence-electron chi connectivity index (χ0n) is 17.4. The molecule has 0 aromatic heterocycles. The highest BCUT2D eigenvalue weighted by Gasteiger charge is 2.60. The summed E-state index contributed by atoms with van der Waals surface area (Å²) in [6.07, 6.45) is 3.24. The van der Waals surface area contributed by atoms with Gasteiger partial charge in [-0.3, -0.25) is 0 Å². The Balaban J connectivity index is 1.39. The van der Waals surface area contributed by atoms with Crippen LogP contribution in [0.15, 0.2) is 60.7 Å². The van der Waals surface area contributed by atoms with E-state index in [-0.39, 0.29) is 6.10 Å². The molecule has 1 unspecified atom stereocenters. The van der Waals surface area contributed by atoms with Crippen LogP contribution in [-0.4, -0.2) is 35.9 Å². The van der Waals surface area contributed by atoms with Gasteiger partial charge in [-0.25, -0.2) is 0 Å². The van der Waals surface area contributed by atoms with Crippen LogP contribution in [0.1, 0.15) is 57.3 Å². The predicted octanol–water partition coefficient (Wildman–Crippen LogP) is 3.39. The lowest BCUT2D eigenvalue weighted by Crippen LogP contribution is -3.31. The van der Waals surface area contributed by atoms with Crippen molar-refractivity contribution in [2.45, 2.75) is 63.8 Å². The Morgan fingerprint density at radius 1 is 0.964 bits per heavy atom. The molecule has 3 fully saturated rings. The maximum Gasteiger partial charge on any atom is 0.126 e. The smallest absolute Gasteiger partial charge is 0.126 e. The SMILES string of the molecule is CC1(C)C[C@@H]2C[C@](C)(C1)[NH+]2C[C@H](O)COC(c1ccccc1)c1ccccc1. The molecule has 2 saturated heterocycles. The van der Waals surface area contributed by atoms with Crippen LogP contribution in [0.25, 0.3) is 0 Å². The molecule has 1 saturated carbocycles. The Morgan fingerprint density at radius 3 is 2.07 bits per heavy atom. The maximum atomic E-state index is 10.8. The molecule has 2 aromatic rings. The first kappa shape index (κ1) is 19.6. The fourth-order valence-electron chi connectivity index (χ4n) is 5.91. The molecule has 2 bridgehead atoms. The topological polar surface area (TPSA) is 33.9 Å². The van der Waals surface area contributed by atoms with Crippen molar-refractivity contribution in [3.8, 4) is 0 Å². The Labute approximate surface area is 169 Å². The minimum absolute atomic E-state index is 0.141. The zero-order chi connectivity index (χ0) is 19.8. The quantitative estimate of drug-likeness (QED) is 0.772. The summed E-state index contributed by atoms with van der Waals surface area (Å²) in [4.78, 5) is 1.58. The van der Waals surface area contributed by atoms with Gasteiger partial charge in [0.2, 0.25) is 0 Å². The summed E-state index contributed by atoms with van der Waals surface area (Å²) in [5, 5.41) is 10.8. The molecule has 2 aromatic carbocycles. The fourth-order valence-corrected chi connectivity index (χ4v) is 5.91. The van der Waals surface area contributed by atoms with Crippen LogP contribution in [0.3, 0.4) is 0 Å². The molecule has 0 radical (unpaired) electrons. The molecule has 4 atom stereocenters. The third-order valence-corrected chi connectivity index (χ3v) is 6.75. The number of aliphatic hydroxyl groups is 1. The molecular formula is C25H34NO2+. The van der Waals surface area contributed by atoms with Crippen molar-refractivity contribution in [2.75, 3.05) is 13.2 Å². The molecule has 0 spiro atoms. The van der Waals surface area contributed by atoms with E-state index in [1.165, 1.54) is 19.3 Å². The molecular weight excluding hydrogens is 346 g/mol. The number of quaternary nitrogens is 1. The number of piperidine rings is 1. The summed E-state index contributed by atoms with van der Waals surface area (Å²) in [7, 11) is 0. The van der Waals surface area contributed by atoms with Gasteiger partial charge in [-0.2, -0.15) is 0 Å². The molecule has 5 rings (SSSR count). The van der Waals surface area contributed by atoms with E-state index in [1.54, 1.807) is 4.90 Å². The van der Waals surface area contributed by atoms with Crippen LogP contribution < -0.4 is 4.90 Å². The van der Waals surface area contributed by atoms with E-state index in [2.05, 4.69) is 45.0 Å². The largest absolute Gasteiger partial charge is 0.385 e. The van der Waals surface area contributed by atoms with Gasteiger partial charge in [0.1, 0.15) is 24.3 Å². The third kappa shape index (κ3) is 4.03. The van der Waals surface area contributed by atoms with Crippen LogP contribution in [-0.2, 0) is 4.74 Å². The van der Waals surface area contributed by atoms with E-state index in [0.29, 0.717) is 23.6 Å². The first-order chi connectivity index (χ1) is 13.4. The van der Waals surface area contributed by atoms with Crippen LogP contribution in [0.4, 0.5) is 0 Å². The van der Waals surface area contributed by atoms with Crippen molar-refractivity contribution in [1.82, 2.24) is 0 Å². The minimum Gasteiger partial charge on any atom is -0.385 e. The van der Waals surface area contributed by atoms with E-state index in [4.69, 9.17) is 4.74 Å². The van der Waals surface area contributed by atoms with Gasteiger partial charge in [-0.15, -0.1) is 0 Å². The number of hydrogen-bond acceptors (Lipinski definition) is 2. The third-order valence-electron chi connectivity index (χ3n) is 6.75. The first-order valence-corrected chi connectivity index (χ1v) is 10.6. The van der Waals surface area contributed by atoms with E-state index in [9.17, 15) is 5.11 Å². The second kappa shape index (κ2) is 7.62. The van der Waals surface area contributed by atoms with Crippen molar-refractivity contribution in [2.24, 2.45) is 5.41 Å². The summed E-state index contributed by atoms with van der Waals surface area (Å²) in [6, 6.07) is 21.3. The lowest BCUT2D eigenvalue weighted by Gasteiger charge is -2.61. The van der Waals surface area contributed by atoms with Gasteiger partial charge in [-0.05, 0) is 23.5 Å². The number of ether oxygens (including phenoxy) is 1. The number of benzene rings is 2. The van der Waals surface area contributed by atoms with Gasteiger partial charge in [0, 0.05) is 12.8 Å². The summed E-state index contributed by atoms with van der Waals surface area (Å²) in [5.74, 6) is 0. The first-order valence-electron chi connectivity index (χ1n) is 10.6. The zero-order valence-corrected chi connectivity index (χ0v) is 17.4. The Hall–Kier alpha value is -1.68. The molecule has 3 heteroatoms. The molecule has 2 heterocycles. The number of nitrogens with one attached hydrogen (secondary N) is 1. The van der Waals surface area contributed by atoms with Crippen molar-refractivity contribution >= 4 is 0 Å². The van der Waals surface area contributed by atoms with Crippen molar-refractivity contribution in [3.63, 3.8) is 0 Å². The summed E-state index contributed by atoms with van der Waals surface area (Å²) in [6.45, 7) is 8.32. The summed E-state index contributed by atoms with van der Waals surface area (Å²) < 4.78 is 6.28. The Bertz CT molecular complexity index is 736. The molecule has 150 valence electrons. The molecule has 28 heavy (non-hydrogen) atoms. The normalized spacial score (nSPS) is 29.3. The number of hydrogen-bond donors (Lipinski definition) is 2. The van der Waals surface area contributed by atoms with E-state index < -0.39 is 6.10 Å². The summed E-state index contributed by atoms with van der Waals surface area (Å²) in [5.41, 5.74) is 3.02. The highest BCUT2D eigenvalue weighted by Crippen LogP contribution is 2.44. The lowest BCUT2D eigenvalue weighted by molar-refractivity contribution is -1.03. The van der Waals surface area contributed by atoms with Gasteiger partial charge in [0.25, 0.3) is 0 Å². The predicted molar refractivity (Wildman–Crippen MR) is 112 cm³/mol. The van der Waals surface area contributed by atoms with E-state index in [0.717, 1.165) is 17.7 Å². The van der Waals surface area contributed by atoms with Crippen LogP contribution in [0.2, 0.25) is 0 Å². The Morgan fingerprint density at radius 2 is 1.54 bits per heavy atom. The molecule has 2 aliphatic heterocycles. The molecule has 0 amide bonds. The summed E-state index contributed by atoms with van der Waals surface area (Å²) >= 11 is 0. The number of rotatable bonds is 7. The second-order valence-electron chi connectivity index (χ2n) is 9.92. The highest BCUT2D eigenvalue weighted by molar-refractivity contribution is 5.29. The standard InChI is InChI=1S/C25H33NO2/c1-24(2)14-21-15-25(3,18-24)26(21)16-22(27)17-28-23(19-10-6-4-7-11-19)20-12-8-5-9-13-20/h4-13,21-23,27H,14-18H2,1-3H3/p+1/t21-,22+,25-/m1/s1. The minimum atomic E-state index is -0.437. The van der Waals surface area contributed by atoms with Crippen LogP contribution >= 0.6 is 0 Å². The van der Waals surface area contributed by atoms with Crippen molar-refractivity contribution in [3.05, 3.63) is 71.8 Å². The Kier molecular flexibility index (Phi) is 5.34. The van der Waals surface area contributed by atoms with E-state index >= 15 is 0 Å². The van der Waals surface area contributed by atoms with Gasteiger partial charge in [0.15, 0.2) is 0 Å². The monoisotopic (exact) mass is 380 g/mol. The highest BCUT2D eigenvalue weighted by atomic mass is 16.5. The molecule has 3 nitrogen and oxygen atoms in total. The number of fused-ring (bicyclic) bond motifs is 2.